The first-order chi connectivity index (χ1) is 13.6. The van der Waals surface area contributed by atoms with Crippen LogP contribution in [0.25, 0.3) is 11.0 Å². The van der Waals surface area contributed by atoms with Crippen molar-refractivity contribution < 1.29 is 9.53 Å². The quantitative estimate of drug-likeness (QED) is 0.464. The van der Waals surface area contributed by atoms with Gasteiger partial charge in [-0.05, 0) is 42.5 Å². The first kappa shape index (κ1) is 17.8. The Bertz CT molecular complexity index is 1140. The lowest BCUT2D eigenvalue weighted by molar-refractivity contribution is 0.0958. The Morgan fingerprint density at radius 3 is 2.64 bits per heavy atom. The minimum atomic E-state index is -0.271. The number of H-pyrrole nitrogens is 1. The van der Waals surface area contributed by atoms with Crippen LogP contribution in [0.3, 0.4) is 0 Å². The third-order valence-electron chi connectivity index (χ3n) is 3.99. The van der Waals surface area contributed by atoms with Crippen molar-refractivity contribution in [2.24, 2.45) is 0 Å². The zero-order chi connectivity index (χ0) is 19.5. The number of pyridine rings is 1. The Kier molecular flexibility index (Phi) is 4.82. The van der Waals surface area contributed by atoms with Gasteiger partial charge in [-0.25, -0.2) is 4.98 Å². The Morgan fingerprint density at radius 2 is 1.86 bits per heavy atom. The summed E-state index contributed by atoms with van der Waals surface area (Å²) in [6.07, 6.45) is 1.53. The van der Waals surface area contributed by atoms with Crippen LogP contribution in [0.4, 0.5) is 11.6 Å². The van der Waals surface area contributed by atoms with Crippen molar-refractivity contribution in [1.29, 1.82) is 0 Å². The van der Waals surface area contributed by atoms with Crippen LogP contribution in [-0.2, 0) is 0 Å². The lowest BCUT2D eigenvalue weighted by Gasteiger charge is -2.06. The third kappa shape index (κ3) is 3.89. The van der Waals surface area contributed by atoms with Crippen molar-refractivity contribution in [1.82, 2.24) is 20.3 Å². The van der Waals surface area contributed by atoms with E-state index >= 15 is 0 Å². The molecule has 4 rings (SSSR count). The molecule has 7 nitrogen and oxygen atoms in total. The molecule has 28 heavy (non-hydrogen) atoms. The highest BCUT2D eigenvalue weighted by molar-refractivity contribution is 6.30. The number of nitrogens with one attached hydrogen (secondary N) is 3. The molecule has 0 fully saturated rings. The number of halogens is 1. The van der Waals surface area contributed by atoms with Gasteiger partial charge in [0.1, 0.15) is 17.2 Å². The van der Waals surface area contributed by atoms with E-state index < -0.39 is 0 Å². The van der Waals surface area contributed by atoms with Gasteiger partial charge >= 0.3 is 0 Å². The van der Waals surface area contributed by atoms with Crippen LogP contribution in [0.5, 0.6) is 11.5 Å². The van der Waals surface area contributed by atoms with Crippen molar-refractivity contribution in [3.63, 3.8) is 0 Å². The topological polar surface area (TPSA) is 91.9 Å². The molecule has 2 heterocycles. The predicted octanol–water partition coefficient (Wildman–Crippen LogP) is 4.51. The largest absolute Gasteiger partial charge is 0.457 e. The number of aromatic amines is 1. The average Bonchev–Trinajstić information content (AvgIpc) is 3.11. The van der Waals surface area contributed by atoms with Crippen LogP contribution in [0, 0.1) is 0 Å². The average molecular weight is 394 g/mol. The molecule has 8 heteroatoms. The number of fused-ring (bicyclic) bond motifs is 1. The summed E-state index contributed by atoms with van der Waals surface area (Å²) in [5.41, 5.74) is 2.77. The molecule has 140 valence electrons. The van der Waals surface area contributed by atoms with Gasteiger partial charge in [-0.2, -0.15) is 0 Å². The van der Waals surface area contributed by atoms with Crippen LogP contribution in [-0.4, -0.2) is 27.9 Å². The minimum Gasteiger partial charge on any atom is -0.457 e. The fourth-order valence-corrected chi connectivity index (χ4v) is 2.77. The van der Waals surface area contributed by atoms with E-state index in [9.17, 15) is 4.79 Å². The van der Waals surface area contributed by atoms with Crippen molar-refractivity contribution >= 4 is 40.2 Å². The number of rotatable bonds is 5. The first-order valence-corrected chi connectivity index (χ1v) is 8.87. The summed E-state index contributed by atoms with van der Waals surface area (Å²) >= 11 is 5.91. The first-order valence-electron chi connectivity index (χ1n) is 8.49. The molecular formula is C20H16ClN5O2. The molecule has 4 aromatic rings. The second kappa shape index (κ2) is 7.58. The Hall–Kier alpha value is -3.58. The fraction of sp³-hybridized carbons (Fsp3) is 0.0500. The zero-order valence-corrected chi connectivity index (χ0v) is 15.6. The molecular weight excluding hydrogens is 378 g/mol. The van der Waals surface area contributed by atoms with Crippen molar-refractivity contribution in [2.45, 2.75) is 0 Å². The van der Waals surface area contributed by atoms with Gasteiger partial charge in [0.2, 0.25) is 5.95 Å². The highest BCUT2D eigenvalue weighted by Crippen LogP contribution is 2.26. The summed E-state index contributed by atoms with van der Waals surface area (Å²) in [4.78, 5) is 23.5. The summed E-state index contributed by atoms with van der Waals surface area (Å²) in [7, 11) is 1.55. The molecule has 0 spiro atoms. The van der Waals surface area contributed by atoms with Gasteiger partial charge in [0.15, 0.2) is 0 Å². The Morgan fingerprint density at radius 1 is 1.07 bits per heavy atom. The van der Waals surface area contributed by atoms with Crippen molar-refractivity contribution in [3.05, 3.63) is 71.5 Å². The lowest BCUT2D eigenvalue weighted by atomic mass is 10.3. The number of aromatic nitrogens is 3. The molecule has 0 bridgehead atoms. The van der Waals surface area contributed by atoms with Gasteiger partial charge < -0.3 is 20.4 Å². The number of carbonyl (C=O) groups excluding carboxylic acids is 1. The molecule has 0 radical (unpaired) electrons. The molecule has 0 atom stereocenters. The molecule has 0 saturated heterocycles. The SMILES string of the molecule is CNC(=O)c1cc(Oc2ccc3nc(Nc4ccc(Cl)cc4)[nH]c3c2)ccn1. The van der Waals surface area contributed by atoms with Gasteiger partial charge in [0.05, 0.1) is 11.0 Å². The van der Waals surface area contributed by atoms with Crippen molar-refractivity contribution in [3.8, 4) is 11.5 Å². The lowest BCUT2D eigenvalue weighted by Crippen LogP contribution is -2.18. The maximum Gasteiger partial charge on any atom is 0.269 e. The Labute approximate surface area is 165 Å². The van der Waals surface area contributed by atoms with E-state index in [0.717, 1.165) is 16.7 Å². The second-order valence-electron chi connectivity index (χ2n) is 5.95. The van der Waals surface area contributed by atoms with Crippen LogP contribution < -0.4 is 15.4 Å². The van der Waals surface area contributed by atoms with Crippen molar-refractivity contribution in [2.75, 3.05) is 12.4 Å². The summed E-state index contributed by atoms with van der Waals surface area (Å²) < 4.78 is 5.86. The van der Waals surface area contributed by atoms with E-state index in [2.05, 4.69) is 25.6 Å². The molecule has 0 aliphatic heterocycles. The van der Waals surface area contributed by atoms with E-state index in [0.29, 0.717) is 22.5 Å². The molecule has 0 aliphatic carbocycles. The monoisotopic (exact) mass is 393 g/mol. The summed E-state index contributed by atoms with van der Waals surface area (Å²) in [5, 5.41) is 6.41. The molecule has 1 amide bonds. The van der Waals surface area contributed by atoms with Crippen LogP contribution in [0.2, 0.25) is 5.02 Å². The smallest absolute Gasteiger partial charge is 0.269 e. The summed E-state index contributed by atoms with van der Waals surface area (Å²) in [6, 6.07) is 16.1. The van der Waals surface area contributed by atoms with Gasteiger partial charge in [-0.15, -0.1) is 0 Å². The summed E-state index contributed by atoms with van der Waals surface area (Å²) in [5.74, 6) is 1.47. The molecule has 0 aliphatic rings. The van der Waals surface area contributed by atoms with Crippen LogP contribution in [0.15, 0.2) is 60.8 Å². The van der Waals surface area contributed by atoms with Gasteiger partial charge in [-0.1, -0.05) is 11.6 Å². The van der Waals surface area contributed by atoms with E-state index in [1.54, 1.807) is 31.3 Å². The zero-order valence-electron chi connectivity index (χ0n) is 14.9. The molecule has 2 aromatic heterocycles. The molecule has 2 aromatic carbocycles. The fourth-order valence-electron chi connectivity index (χ4n) is 2.64. The normalized spacial score (nSPS) is 10.6. The Balaban J connectivity index is 1.55. The maximum atomic E-state index is 11.7. The number of carbonyl (C=O) groups is 1. The van der Waals surface area contributed by atoms with E-state index in [1.165, 1.54) is 6.20 Å². The van der Waals surface area contributed by atoms with Crippen LogP contribution >= 0.6 is 11.6 Å². The molecule has 0 unspecified atom stereocenters. The second-order valence-corrected chi connectivity index (χ2v) is 6.39. The highest BCUT2D eigenvalue weighted by atomic mass is 35.5. The van der Waals surface area contributed by atoms with E-state index in [1.807, 2.05) is 30.3 Å². The molecule has 0 saturated carbocycles. The van der Waals surface area contributed by atoms with E-state index in [-0.39, 0.29) is 11.6 Å². The number of ether oxygens (including phenoxy) is 1. The number of hydrogen-bond acceptors (Lipinski definition) is 5. The number of benzene rings is 2. The number of anilines is 2. The van der Waals surface area contributed by atoms with Gasteiger partial charge in [-0.3, -0.25) is 9.78 Å². The van der Waals surface area contributed by atoms with Gasteiger partial charge in [0.25, 0.3) is 5.91 Å². The third-order valence-corrected chi connectivity index (χ3v) is 4.24. The number of hydrogen-bond donors (Lipinski definition) is 3. The standard InChI is InChI=1S/C20H16ClN5O2/c1-22-19(27)18-11-15(8-9-23-18)28-14-6-7-16-17(10-14)26-20(25-16)24-13-4-2-12(21)3-5-13/h2-11H,1H3,(H,22,27)(H2,24,25,26). The number of nitrogens with zero attached hydrogens (tertiary/aromatic N) is 2. The minimum absolute atomic E-state index is 0.271. The van der Waals surface area contributed by atoms with E-state index in [4.69, 9.17) is 16.3 Å². The van der Waals surface area contributed by atoms with Gasteiger partial charge in [0, 0.05) is 36.1 Å². The number of imidazole rings is 1. The molecule has 3 N–H and O–H groups in total. The van der Waals surface area contributed by atoms with Crippen LogP contribution in [0.1, 0.15) is 10.5 Å². The highest BCUT2D eigenvalue weighted by Gasteiger charge is 2.09. The number of amides is 1. The summed E-state index contributed by atoms with van der Waals surface area (Å²) in [6.45, 7) is 0. The predicted molar refractivity (Wildman–Crippen MR) is 109 cm³/mol. The maximum absolute atomic E-state index is 11.7.